The fourth-order valence-corrected chi connectivity index (χ4v) is 0.258. The number of unbranched alkanes of at least 4 members (excludes halogenated alkanes) is 1. The summed E-state index contributed by atoms with van der Waals surface area (Å²) in [4.78, 5) is 34.0. The van der Waals surface area contributed by atoms with Crippen LogP contribution >= 0.6 is 0 Å². The summed E-state index contributed by atoms with van der Waals surface area (Å²) in [7, 11) is 0. The third kappa shape index (κ3) is 329. The van der Waals surface area contributed by atoms with E-state index in [1.165, 1.54) is 6.47 Å². The molecule has 0 rings (SSSR count). The van der Waals surface area contributed by atoms with Gasteiger partial charge in [0.15, 0.2) is 0 Å². The molecule has 0 aromatic rings. The van der Waals surface area contributed by atoms with Crippen LogP contribution in [0.3, 0.4) is 0 Å². The minimum absolute atomic E-state index is 0. The van der Waals surface area contributed by atoms with Crippen LogP contribution in [0.5, 0.6) is 0 Å². The van der Waals surface area contributed by atoms with Gasteiger partial charge in [-0.2, -0.15) is 0 Å². The first-order valence-electron chi connectivity index (χ1n) is 3.69. The average molecular weight is 355 g/mol. The monoisotopic (exact) mass is 356 g/mol. The molecule has 0 aliphatic carbocycles. The minimum Gasteiger partial charge on any atom is -0.665 e. The van der Waals surface area contributed by atoms with Crippen LogP contribution < -0.4 is 0 Å². The van der Waals surface area contributed by atoms with E-state index >= 15 is 0 Å². The van der Waals surface area contributed by atoms with Gasteiger partial charge in [0, 0.05) is 6.61 Å². The van der Waals surface area contributed by atoms with E-state index in [1.807, 2.05) is 6.92 Å². The fraction of sp³-hybridized carbons (Fsp3) is 0.500. The second-order valence-electron chi connectivity index (χ2n) is 1.56. The van der Waals surface area contributed by atoms with Gasteiger partial charge in [0.05, 0.1) is 0 Å². The molecule has 0 aromatic heterocycles. The van der Waals surface area contributed by atoms with Crippen molar-refractivity contribution in [3.63, 3.8) is 0 Å². The molecule has 0 amide bonds. The quantitative estimate of drug-likeness (QED) is 0.343. The van der Waals surface area contributed by atoms with Crippen LogP contribution in [0.25, 0.3) is 0 Å². The van der Waals surface area contributed by atoms with E-state index in [0.29, 0.717) is 26.0 Å². The summed E-state index contributed by atoms with van der Waals surface area (Å²) in [6.45, 7) is 5.40. The number of hydrogen-bond acceptors (Lipinski definition) is 5. The summed E-state index contributed by atoms with van der Waals surface area (Å²) < 4.78 is 4.27. The van der Waals surface area contributed by atoms with Crippen molar-refractivity contribution >= 4 is 49.8 Å². The van der Waals surface area contributed by atoms with Gasteiger partial charge in [-0.25, -0.2) is 0 Å². The van der Waals surface area contributed by atoms with Crippen LogP contribution in [0.4, 0.5) is 0 Å². The van der Waals surface area contributed by atoms with Gasteiger partial charge in [0.25, 0.3) is 0 Å². The first kappa shape index (κ1) is 29.6. The van der Waals surface area contributed by atoms with E-state index in [4.69, 9.17) is 29.7 Å². The molecule has 0 saturated carbocycles. The van der Waals surface area contributed by atoms with Crippen molar-refractivity contribution in [3.05, 3.63) is 0 Å². The summed E-state index contributed by atoms with van der Waals surface area (Å²) >= 11 is 0. The maximum atomic E-state index is 9.33. The molecule has 0 bridgehead atoms. The molecule has 0 unspecified atom stereocenters. The van der Waals surface area contributed by atoms with E-state index in [1.54, 1.807) is 0 Å². The van der Waals surface area contributed by atoms with Crippen LogP contribution in [0, 0.1) is 0 Å². The van der Waals surface area contributed by atoms with Gasteiger partial charge in [-0.1, -0.05) is 39.2 Å². The van der Waals surface area contributed by atoms with Gasteiger partial charge in [0.1, 0.15) is 0 Å². The van der Waals surface area contributed by atoms with Crippen molar-refractivity contribution in [1.29, 1.82) is 0 Å². The zero-order chi connectivity index (χ0) is 13.7. The molecule has 0 spiro atoms. The van der Waals surface area contributed by atoms with Crippen LogP contribution in [0.1, 0.15) is 19.8 Å². The molecular weight excluding hydrogens is 343 g/mol. The predicted octanol–water partition coefficient (Wildman–Crippen LogP) is -0.676. The number of hydrogen-bond donors (Lipinski definition) is 3. The molecule has 0 aliphatic rings. The molecule has 9 heteroatoms. The van der Waals surface area contributed by atoms with Crippen molar-refractivity contribution in [2.45, 2.75) is 19.8 Å². The number of ether oxygens (including phenoxy) is 1. The van der Waals surface area contributed by atoms with Crippen LogP contribution in [0.2, 0.25) is 0 Å². The summed E-state index contributed by atoms with van der Waals surface area (Å²) in [5.41, 5.74) is 0. The van der Waals surface area contributed by atoms with Crippen molar-refractivity contribution in [2.24, 2.45) is 0 Å². The Morgan fingerprint density at radius 1 is 0.941 bits per heavy atom. The van der Waals surface area contributed by atoms with Crippen molar-refractivity contribution in [1.82, 2.24) is 0 Å². The van der Waals surface area contributed by atoms with Crippen LogP contribution in [0.15, 0.2) is 0 Å². The van der Waals surface area contributed by atoms with Gasteiger partial charge >= 0.3 is 23.9 Å². The molecule has 3 N–H and O–H groups in total. The van der Waals surface area contributed by atoms with E-state index in [9.17, 15) is 4.79 Å². The Hall–Kier alpha value is -1.32. The predicted molar refractivity (Wildman–Crippen MR) is 57.3 cm³/mol. The standard InChI is InChI=1S/C5H9O2.3CHO2.Sn/c1-2-3-4-7-5-6;3*2-1-3;/h2-4H2,1H3;3*(H,2,3);/q4*-1;+4. The van der Waals surface area contributed by atoms with Crippen LogP contribution in [-0.4, -0.2) is 71.7 Å². The third-order valence-corrected chi connectivity index (χ3v) is 0.659. The molecule has 0 aliphatic heterocycles. The molecule has 8 nitrogen and oxygen atoms in total. The summed E-state index contributed by atoms with van der Waals surface area (Å²) in [5, 5.41) is 20.3. The Morgan fingerprint density at radius 3 is 1.41 bits per heavy atom. The second kappa shape index (κ2) is 61.6. The average Bonchev–Trinajstić information content (AvgIpc) is 2.22. The summed E-state index contributed by atoms with van der Waals surface area (Å²) in [6.07, 6.45) is 2.00. The zero-order valence-corrected chi connectivity index (χ0v) is 11.9. The van der Waals surface area contributed by atoms with Crippen LogP contribution in [-0.2, 0) is 23.9 Å². The first-order valence-corrected chi connectivity index (χ1v) is 3.69. The van der Waals surface area contributed by atoms with Gasteiger partial charge < -0.3 is 39.2 Å². The minimum atomic E-state index is 0. The SMILES string of the molecule is CCCCO[C-]=O.O=[C-]O.O=[C-]O.O=[C-]O.[Sn+4]. The number of aliphatic hydroxyl groups excluding tert-OH is 3. The van der Waals surface area contributed by atoms with Crippen molar-refractivity contribution in [2.75, 3.05) is 6.61 Å². The number of carbonyl (C=O) groups excluding carboxylic acids is 1. The molecule has 0 fully saturated rings. The Labute approximate surface area is 116 Å². The first-order chi connectivity index (χ1) is 7.66. The molecule has 96 valence electrons. The van der Waals surface area contributed by atoms with Gasteiger partial charge in [-0.15, -0.1) is 0 Å². The summed E-state index contributed by atoms with van der Waals surface area (Å²) in [5.74, 6) is 0. The Balaban J connectivity index is -0.0000000411. The zero-order valence-electron chi connectivity index (χ0n) is 9.00. The van der Waals surface area contributed by atoms with E-state index in [-0.39, 0.29) is 23.9 Å². The van der Waals surface area contributed by atoms with Gasteiger partial charge in [0.2, 0.25) is 0 Å². The molecule has 0 radical (unpaired) electrons. The second-order valence-corrected chi connectivity index (χ2v) is 1.56. The van der Waals surface area contributed by atoms with Gasteiger partial charge in [-0.3, -0.25) is 0 Å². The van der Waals surface area contributed by atoms with Crippen molar-refractivity contribution < 1.29 is 39.2 Å². The molecule has 0 aromatic carbocycles. The number of rotatable bonds is 4. The topological polar surface area (TPSA) is 138 Å². The Morgan fingerprint density at radius 2 is 1.24 bits per heavy atom. The smallest absolute Gasteiger partial charge is 0.665 e. The molecule has 0 saturated heterocycles. The maximum Gasteiger partial charge on any atom is 4.00 e. The Kier molecular flexibility index (Phi) is 107. The maximum absolute atomic E-state index is 9.33. The van der Waals surface area contributed by atoms with Crippen molar-refractivity contribution in [3.8, 4) is 0 Å². The van der Waals surface area contributed by atoms with Gasteiger partial charge in [-0.05, 0) is 6.42 Å². The van der Waals surface area contributed by atoms with E-state index < -0.39 is 0 Å². The molecule has 0 heterocycles. The largest absolute Gasteiger partial charge is 4.00 e. The van der Waals surface area contributed by atoms with E-state index in [2.05, 4.69) is 4.74 Å². The normalized spacial score (nSPS) is 5.47. The molecule has 0 atom stereocenters. The summed E-state index contributed by atoms with van der Waals surface area (Å²) in [6, 6.07) is 0. The fourth-order valence-electron chi connectivity index (χ4n) is 0.258. The third-order valence-electron chi connectivity index (χ3n) is 0.659. The van der Waals surface area contributed by atoms with E-state index in [0.717, 1.165) is 12.8 Å². The Bertz CT molecular complexity index is 127. The molecule has 17 heavy (non-hydrogen) atoms. The molecular formula is C8H12O8Sn.